The summed E-state index contributed by atoms with van der Waals surface area (Å²) in [5.74, 6) is 2.58. The first-order valence-electron chi connectivity index (χ1n) is 6.38. The Labute approximate surface area is 125 Å². The molecule has 0 aliphatic carbocycles. The van der Waals surface area contributed by atoms with Gasteiger partial charge in [-0.1, -0.05) is 42.3 Å². The van der Waals surface area contributed by atoms with Gasteiger partial charge in [-0.05, 0) is 36.8 Å². The highest BCUT2D eigenvalue weighted by Crippen LogP contribution is 2.19. The molecule has 106 valence electrons. The minimum atomic E-state index is -3.56. The van der Waals surface area contributed by atoms with Gasteiger partial charge in [0.05, 0.1) is 4.90 Å². The molecular weight excluding hydrogens is 282 g/mol. The smallest absolute Gasteiger partial charge is 0.261 e. The van der Waals surface area contributed by atoms with Crippen molar-refractivity contribution in [2.75, 3.05) is 4.72 Å². The molecule has 0 radical (unpaired) electrons. The van der Waals surface area contributed by atoms with Gasteiger partial charge >= 0.3 is 0 Å². The van der Waals surface area contributed by atoms with Crippen molar-refractivity contribution in [3.63, 3.8) is 0 Å². The molecule has 3 nitrogen and oxygen atoms in total. The summed E-state index contributed by atoms with van der Waals surface area (Å²) in [4.78, 5) is 0.229. The number of hydrogen-bond donors (Lipinski definition) is 1. The lowest BCUT2D eigenvalue weighted by Crippen LogP contribution is -2.12. The fraction of sp³-hybridized carbons (Fsp3) is 0.0588. The number of allylic oxidation sites excluding steroid dienone is 2. The lowest BCUT2D eigenvalue weighted by molar-refractivity contribution is 0.601. The maximum atomic E-state index is 12.2. The van der Waals surface area contributed by atoms with Gasteiger partial charge in [-0.3, -0.25) is 4.72 Å². The Kier molecular flexibility index (Phi) is 4.46. The van der Waals surface area contributed by atoms with Crippen molar-refractivity contribution in [1.29, 1.82) is 0 Å². The van der Waals surface area contributed by atoms with Crippen molar-refractivity contribution in [3.05, 3.63) is 66.2 Å². The van der Waals surface area contributed by atoms with E-state index in [1.165, 1.54) is 0 Å². The number of rotatable bonds is 4. The molecule has 2 aromatic rings. The van der Waals surface area contributed by atoms with Gasteiger partial charge in [-0.25, -0.2) is 8.42 Å². The zero-order valence-corrected chi connectivity index (χ0v) is 12.4. The van der Waals surface area contributed by atoms with Crippen molar-refractivity contribution in [2.24, 2.45) is 0 Å². The Morgan fingerprint density at radius 3 is 2.24 bits per heavy atom. The molecule has 0 saturated heterocycles. The van der Waals surface area contributed by atoms with Crippen LogP contribution in [0.25, 0.3) is 5.57 Å². The average molecular weight is 297 g/mol. The zero-order chi connectivity index (χ0) is 15.3. The van der Waals surface area contributed by atoms with E-state index in [1.54, 1.807) is 54.6 Å². The SMILES string of the molecule is C#C/C(=C\C)c1ccc(NS(=O)(=O)c2ccccc2)cc1. The maximum Gasteiger partial charge on any atom is 0.261 e. The molecule has 4 heteroatoms. The Morgan fingerprint density at radius 1 is 1.10 bits per heavy atom. The van der Waals surface area contributed by atoms with Crippen LogP contribution in [0, 0.1) is 12.3 Å². The van der Waals surface area contributed by atoms with Gasteiger partial charge in [0, 0.05) is 11.3 Å². The van der Waals surface area contributed by atoms with Crippen molar-refractivity contribution in [2.45, 2.75) is 11.8 Å². The zero-order valence-electron chi connectivity index (χ0n) is 11.6. The van der Waals surface area contributed by atoms with E-state index in [0.29, 0.717) is 5.69 Å². The van der Waals surface area contributed by atoms with Crippen LogP contribution in [-0.4, -0.2) is 8.42 Å². The van der Waals surface area contributed by atoms with Crippen LogP contribution in [0.4, 0.5) is 5.69 Å². The van der Waals surface area contributed by atoms with Gasteiger partial charge in [0.15, 0.2) is 0 Å². The minimum absolute atomic E-state index is 0.229. The monoisotopic (exact) mass is 297 g/mol. The molecule has 0 saturated carbocycles. The van der Waals surface area contributed by atoms with Crippen LogP contribution in [0.3, 0.4) is 0 Å². The number of benzene rings is 2. The molecule has 0 unspecified atom stereocenters. The average Bonchev–Trinajstić information content (AvgIpc) is 2.51. The van der Waals surface area contributed by atoms with E-state index in [-0.39, 0.29) is 4.90 Å². The van der Waals surface area contributed by atoms with E-state index in [2.05, 4.69) is 10.6 Å². The summed E-state index contributed by atoms with van der Waals surface area (Å²) >= 11 is 0. The lowest BCUT2D eigenvalue weighted by atomic mass is 10.1. The fourth-order valence-electron chi connectivity index (χ4n) is 1.86. The Hall–Kier alpha value is -2.51. The second-order valence-corrected chi connectivity index (χ2v) is 6.02. The molecule has 0 aromatic heterocycles. The van der Waals surface area contributed by atoms with Crippen LogP contribution in [0.15, 0.2) is 65.6 Å². The Bertz CT molecular complexity index is 783. The van der Waals surface area contributed by atoms with E-state index < -0.39 is 10.0 Å². The van der Waals surface area contributed by atoms with E-state index in [4.69, 9.17) is 6.42 Å². The minimum Gasteiger partial charge on any atom is -0.280 e. The van der Waals surface area contributed by atoms with E-state index in [1.807, 2.05) is 13.0 Å². The predicted molar refractivity (Wildman–Crippen MR) is 86.2 cm³/mol. The van der Waals surface area contributed by atoms with Gasteiger partial charge in [0.25, 0.3) is 10.0 Å². The lowest BCUT2D eigenvalue weighted by Gasteiger charge is -2.08. The van der Waals surface area contributed by atoms with E-state index >= 15 is 0 Å². The highest BCUT2D eigenvalue weighted by Gasteiger charge is 2.13. The molecule has 2 rings (SSSR count). The quantitative estimate of drug-likeness (QED) is 0.878. The molecule has 0 aliphatic rings. The third-order valence-electron chi connectivity index (χ3n) is 2.95. The van der Waals surface area contributed by atoms with Crippen LogP contribution in [0.5, 0.6) is 0 Å². The first kappa shape index (κ1) is 14.9. The molecule has 0 spiro atoms. The normalized spacial score (nSPS) is 11.7. The first-order chi connectivity index (χ1) is 10.1. The number of nitrogens with one attached hydrogen (secondary N) is 1. The third kappa shape index (κ3) is 3.53. The van der Waals surface area contributed by atoms with Gasteiger partial charge in [0.1, 0.15) is 0 Å². The van der Waals surface area contributed by atoms with Crippen molar-refractivity contribution in [3.8, 4) is 12.3 Å². The largest absolute Gasteiger partial charge is 0.280 e. The summed E-state index contributed by atoms with van der Waals surface area (Å²) in [5, 5.41) is 0. The van der Waals surface area contributed by atoms with E-state index in [9.17, 15) is 8.42 Å². The topological polar surface area (TPSA) is 46.2 Å². The summed E-state index contributed by atoms with van der Waals surface area (Å²) in [6.07, 6.45) is 7.24. The second-order valence-electron chi connectivity index (χ2n) is 4.34. The van der Waals surface area contributed by atoms with Gasteiger partial charge in [-0.2, -0.15) is 0 Å². The molecule has 21 heavy (non-hydrogen) atoms. The van der Waals surface area contributed by atoms with Crippen LogP contribution >= 0.6 is 0 Å². The summed E-state index contributed by atoms with van der Waals surface area (Å²) in [7, 11) is -3.56. The predicted octanol–water partition coefficient (Wildman–Crippen LogP) is 3.52. The molecular formula is C17H15NO2S. The molecule has 0 aliphatic heterocycles. The number of anilines is 1. The third-order valence-corrected chi connectivity index (χ3v) is 4.34. The summed E-state index contributed by atoms with van der Waals surface area (Å²) in [5.41, 5.74) is 2.14. The number of terminal acetylenes is 1. The molecule has 0 bridgehead atoms. The molecule has 0 heterocycles. The molecule has 2 aromatic carbocycles. The van der Waals surface area contributed by atoms with Gasteiger partial charge in [0.2, 0.25) is 0 Å². The molecule has 0 atom stereocenters. The molecule has 1 N–H and O–H groups in total. The van der Waals surface area contributed by atoms with E-state index in [0.717, 1.165) is 11.1 Å². The summed E-state index contributed by atoms with van der Waals surface area (Å²) in [6.45, 7) is 1.86. The summed E-state index contributed by atoms with van der Waals surface area (Å²) < 4.78 is 26.9. The van der Waals surface area contributed by atoms with Gasteiger partial charge < -0.3 is 0 Å². The Morgan fingerprint density at radius 2 is 1.71 bits per heavy atom. The Balaban J connectivity index is 2.24. The molecule has 0 fully saturated rings. The number of hydrogen-bond acceptors (Lipinski definition) is 2. The van der Waals surface area contributed by atoms with Crippen LogP contribution in [-0.2, 0) is 10.0 Å². The highest BCUT2D eigenvalue weighted by molar-refractivity contribution is 7.92. The maximum absolute atomic E-state index is 12.2. The van der Waals surface area contributed by atoms with Crippen molar-refractivity contribution < 1.29 is 8.42 Å². The highest BCUT2D eigenvalue weighted by atomic mass is 32.2. The second kappa shape index (κ2) is 6.29. The van der Waals surface area contributed by atoms with Crippen molar-refractivity contribution in [1.82, 2.24) is 0 Å². The van der Waals surface area contributed by atoms with Crippen LogP contribution in [0.2, 0.25) is 0 Å². The fourth-order valence-corrected chi connectivity index (χ4v) is 2.94. The first-order valence-corrected chi connectivity index (χ1v) is 7.86. The van der Waals surface area contributed by atoms with Gasteiger partial charge in [-0.15, -0.1) is 6.42 Å². The molecule has 0 amide bonds. The summed E-state index contributed by atoms with van der Waals surface area (Å²) in [6, 6.07) is 15.2. The number of sulfonamides is 1. The standard InChI is InChI=1S/C17H15NO2S/c1-3-14(4-2)15-10-12-16(13-11-15)18-21(19,20)17-8-6-5-7-9-17/h1,4-13,18H,2H3/b14-4+. The van der Waals surface area contributed by atoms with Crippen LogP contribution in [0.1, 0.15) is 12.5 Å². The van der Waals surface area contributed by atoms with Crippen LogP contribution < -0.4 is 4.72 Å². The van der Waals surface area contributed by atoms with Crippen molar-refractivity contribution >= 4 is 21.3 Å².